The highest BCUT2D eigenvalue weighted by molar-refractivity contribution is 7.98. The molecular formula is C18H18ClFO4S. The number of halogens is 2. The first-order valence-corrected chi connectivity index (χ1v) is 9.12. The Hall–Kier alpha value is -1.92. The molecule has 2 aromatic rings. The van der Waals surface area contributed by atoms with E-state index in [1.165, 1.54) is 24.9 Å². The maximum atomic E-state index is 14.0. The molecule has 0 aliphatic carbocycles. The number of hydrogen-bond acceptors (Lipinski definition) is 5. The van der Waals surface area contributed by atoms with E-state index < -0.39 is 6.16 Å². The predicted octanol–water partition coefficient (Wildman–Crippen LogP) is 5.49. The van der Waals surface area contributed by atoms with E-state index in [-0.39, 0.29) is 18.2 Å². The molecule has 0 heterocycles. The van der Waals surface area contributed by atoms with Crippen LogP contribution < -0.4 is 9.47 Å². The van der Waals surface area contributed by atoms with Gasteiger partial charge in [-0.15, -0.1) is 11.8 Å². The maximum Gasteiger partial charge on any atom is 0.513 e. The van der Waals surface area contributed by atoms with Crippen molar-refractivity contribution in [1.29, 1.82) is 0 Å². The molecule has 0 N–H and O–H groups in total. The van der Waals surface area contributed by atoms with Crippen LogP contribution in [0.15, 0.2) is 35.2 Å². The van der Waals surface area contributed by atoms with Gasteiger partial charge in [0.1, 0.15) is 23.9 Å². The van der Waals surface area contributed by atoms with Gasteiger partial charge in [0.05, 0.1) is 12.1 Å². The third kappa shape index (κ3) is 4.80. The second-order valence-corrected chi connectivity index (χ2v) is 6.26. The summed E-state index contributed by atoms with van der Waals surface area (Å²) in [5, 5.41) is 0.329. The number of thioether (sulfide) groups is 1. The second-order valence-electron chi connectivity index (χ2n) is 5.01. The van der Waals surface area contributed by atoms with Gasteiger partial charge in [-0.2, -0.15) is 0 Å². The van der Waals surface area contributed by atoms with Crippen LogP contribution in [-0.4, -0.2) is 19.5 Å². The van der Waals surface area contributed by atoms with Crippen molar-refractivity contribution in [3.05, 3.63) is 52.3 Å². The van der Waals surface area contributed by atoms with E-state index in [0.717, 1.165) is 4.90 Å². The van der Waals surface area contributed by atoms with Gasteiger partial charge in [0.15, 0.2) is 0 Å². The third-order valence-corrected chi connectivity index (χ3v) is 4.64. The molecule has 7 heteroatoms. The van der Waals surface area contributed by atoms with E-state index in [0.29, 0.717) is 28.3 Å². The summed E-state index contributed by atoms with van der Waals surface area (Å²) in [6.07, 6.45) is 1.61. The first-order valence-electron chi connectivity index (χ1n) is 7.52. The van der Waals surface area contributed by atoms with E-state index in [1.54, 1.807) is 18.2 Å². The molecule has 0 atom stereocenters. The molecule has 0 radical (unpaired) electrons. The lowest BCUT2D eigenvalue weighted by molar-refractivity contribution is 0.120. The first kappa shape index (κ1) is 19.4. The first-order chi connectivity index (χ1) is 12.0. The summed E-state index contributed by atoms with van der Waals surface area (Å²) in [5.41, 5.74) is 1.17. The summed E-state index contributed by atoms with van der Waals surface area (Å²) < 4.78 is 29.3. The molecule has 134 valence electrons. The van der Waals surface area contributed by atoms with Crippen molar-refractivity contribution in [3.63, 3.8) is 0 Å². The van der Waals surface area contributed by atoms with Crippen molar-refractivity contribution >= 4 is 29.5 Å². The molecule has 0 unspecified atom stereocenters. The maximum absolute atomic E-state index is 14.0. The van der Waals surface area contributed by atoms with Gasteiger partial charge in [-0.3, -0.25) is 0 Å². The molecule has 4 nitrogen and oxygen atoms in total. The van der Waals surface area contributed by atoms with Gasteiger partial charge in [0, 0.05) is 16.5 Å². The van der Waals surface area contributed by atoms with E-state index in [1.807, 2.05) is 19.2 Å². The number of rotatable bonds is 6. The van der Waals surface area contributed by atoms with Gasteiger partial charge in [0.25, 0.3) is 0 Å². The van der Waals surface area contributed by atoms with Crippen LogP contribution in [0.5, 0.6) is 11.5 Å². The number of hydrogen-bond donors (Lipinski definition) is 0. The number of methoxy groups -OCH3 is 1. The van der Waals surface area contributed by atoms with Crippen molar-refractivity contribution in [3.8, 4) is 11.5 Å². The highest BCUT2D eigenvalue weighted by Gasteiger charge is 2.15. The Balaban J connectivity index is 2.28. The quantitative estimate of drug-likeness (QED) is 0.374. The minimum Gasteiger partial charge on any atom is -0.487 e. The molecule has 0 spiro atoms. The van der Waals surface area contributed by atoms with Gasteiger partial charge in [-0.05, 0) is 36.4 Å². The number of carbonyl (C=O) groups is 1. The van der Waals surface area contributed by atoms with E-state index in [9.17, 15) is 9.18 Å². The zero-order chi connectivity index (χ0) is 18.4. The molecule has 0 aromatic heterocycles. The molecule has 0 amide bonds. The Morgan fingerprint density at radius 3 is 2.68 bits per heavy atom. The fraction of sp³-hybridized carbons (Fsp3) is 0.278. The van der Waals surface area contributed by atoms with Crippen molar-refractivity contribution in [1.82, 2.24) is 0 Å². The second kappa shape index (κ2) is 8.97. The van der Waals surface area contributed by atoms with Crippen molar-refractivity contribution in [2.24, 2.45) is 0 Å². The topological polar surface area (TPSA) is 44.8 Å². The van der Waals surface area contributed by atoms with Gasteiger partial charge >= 0.3 is 6.16 Å². The Labute approximate surface area is 155 Å². The van der Waals surface area contributed by atoms with Crippen LogP contribution in [0.25, 0.3) is 0 Å². The van der Waals surface area contributed by atoms with Gasteiger partial charge < -0.3 is 14.2 Å². The number of carbonyl (C=O) groups excluding carboxylic acids is 1. The monoisotopic (exact) mass is 384 g/mol. The van der Waals surface area contributed by atoms with Crippen LogP contribution in [-0.2, 0) is 17.8 Å². The molecule has 0 aliphatic heterocycles. The lowest BCUT2D eigenvalue weighted by atomic mass is 10.1. The zero-order valence-corrected chi connectivity index (χ0v) is 15.7. The number of aryl methyl sites for hydroxylation is 1. The Bertz CT molecular complexity index is 767. The molecular weight excluding hydrogens is 367 g/mol. The van der Waals surface area contributed by atoms with Crippen LogP contribution in [0, 0.1) is 5.82 Å². The summed E-state index contributed by atoms with van der Waals surface area (Å²) in [5.74, 6) is 0.183. The van der Waals surface area contributed by atoms with E-state index >= 15 is 0 Å². The number of benzene rings is 2. The smallest absolute Gasteiger partial charge is 0.487 e. The molecule has 0 saturated heterocycles. The van der Waals surface area contributed by atoms with Gasteiger partial charge in [-0.25, -0.2) is 9.18 Å². The molecule has 25 heavy (non-hydrogen) atoms. The van der Waals surface area contributed by atoms with Crippen LogP contribution in [0.4, 0.5) is 9.18 Å². The Morgan fingerprint density at radius 1 is 1.28 bits per heavy atom. The standard InChI is InChI=1S/C18H18ClFO4S/c1-4-11-8-13(19)16(9-14(11)20)23-10-12-15(24-18(21)22-2)6-5-7-17(12)25-3/h5-9H,4,10H2,1-3H3. The highest BCUT2D eigenvalue weighted by atomic mass is 35.5. The Morgan fingerprint density at radius 2 is 2.04 bits per heavy atom. The van der Waals surface area contributed by atoms with Crippen LogP contribution in [0.3, 0.4) is 0 Å². The van der Waals surface area contributed by atoms with Gasteiger partial charge in [-0.1, -0.05) is 24.6 Å². The molecule has 0 aliphatic rings. The Kier molecular flexibility index (Phi) is 6.96. The fourth-order valence-electron chi connectivity index (χ4n) is 2.21. The minimum atomic E-state index is -0.823. The molecule has 2 rings (SSSR count). The zero-order valence-electron chi connectivity index (χ0n) is 14.1. The van der Waals surface area contributed by atoms with Crippen molar-refractivity contribution < 1.29 is 23.4 Å². The normalized spacial score (nSPS) is 10.4. The predicted molar refractivity (Wildman–Crippen MR) is 96.4 cm³/mol. The average molecular weight is 385 g/mol. The largest absolute Gasteiger partial charge is 0.513 e. The summed E-state index contributed by atoms with van der Waals surface area (Å²) in [4.78, 5) is 12.3. The van der Waals surface area contributed by atoms with E-state index in [2.05, 4.69) is 4.74 Å². The minimum absolute atomic E-state index is 0.0635. The van der Waals surface area contributed by atoms with Crippen molar-refractivity contribution in [2.45, 2.75) is 24.8 Å². The summed E-state index contributed by atoms with van der Waals surface area (Å²) in [6, 6.07) is 8.09. The van der Waals surface area contributed by atoms with Crippen LogP contribution in [0.2, 0.25) is 5.02 Å². The van der Waals surface area contributed by atoms with Crippen molar-refractivity contribution in [2.75, 3.05) is 13.4 Å². The summed E-state index contributed by atoms with van der Waals surface area (Å²) >= 11 is 7.64. The van der Waals surface area contributed by atoms with Crippen LogP contribution >= 0.6 is 23.4 Å². The lowest BCUT2D eigenvalue weighted by Gasteiger charge is -2.15. The number of ether oxygens (including phenoxy) is 3. The highest BCUT2D eigenvalue weighted by Crippen LogP contribution is 2.33. The average Bonchev–Trinajstić information content (AvgIpc) is 2.62. The lowest BCUT2D eigenvalue weighted by Crippen LogP contribution is -2.10. The third-order valence-electron chi connectivity index (χ3n) is 3.52. The SMILES string of the molecule is CCc1cc(Cl)c(OCc2c(OC(=O)OC)cccc2SC)cc1F. The molecule has 0 saturated carbocycles. The summed E-state index contributed by atoms with van der Waals surface area (Å²) in [7, 11) is 1.23. The molecule has 0 bridgehead atoms. The van der Waals surface area contributed by atoms with Crippen LogP contribution in [0.1, 0.15) is 18.1 Å². The van der Waals surface area contributed by atoms with Gasteiger partial charge in [0.2, 0.25) is 0 Å². The van der Waals surface area contributed by atoms with E-state index in [4.69, 9.17) is 21.1 Å². The fourth-order valence-corrected chi connectivity index (χ4v) is 3.07. The molecule has 0 fully saturated rings. The summed E-state index contributed by atoms with van der Waals surface area (Å²) in [6.45, 7) is 1.91. The molecule has 2 aromatic carbocycles.